The summed E-state index contributed by atoms with van der Waals surface area (Å²) in [6, 6.07) is 7.29. The Hall–Kier alpha value is -2.94. The summed E-state index contributed by atoms with van der Waals surface area (Å²) >= 11 is 6.03. The highest BCUT2D eigenvalue weighted by atomic mass is 35.5. The maximum atomic E-state index is 12.7. The van der Waals surface area contributed by atoms with E-state index in [1.54, 1.807) is 16.8 Å². The lowest BCUT2D eigenvalue weighted by molar-refractivity contribution is -0.133. The van der Waals surface area contributed by atoms with E-state index in [2.05, 4.69) is 10.3 Å². The fourth-order valence-corrected chi connectivity index (χ4v) is 4.23. The molecule has 2 aliphatic heterocycles. The number of carbonyl (C=O) groups is 3. The monoisotopic (exact) mass is 447 g/mol. The first-order valence-electron chi connectivity index (χ1n) is 10.4. The van der Waals surface area contributed by atoms with Gasteiger partial charge in [0.25, 0.3) is 0 Å². The van der Waals surface area contributed by atoms with E-state index in [0.29, 0.717) is 37.8 Å². The highest BCUT2D eigenvalue weighted by molar-refractivity contribution is 6.31. The van der Waals surface area contributed by atoms with E-state index < -0.39 is 6.09 Å². The van der Waals surface area contributed by atoms with Gasteiger partial charge in [0.15, 0.2) is 0 Å². The number of carbonyl (C=O) groups excluding carboxylic acids is 3. The normalized spacial score (nSPS) is 18.9. The van der Waals surface area contributed by atoms with Crippen LogP contribution in [0.5, 0.6) is 0 Å². The van der Waals surface area contributed by atoms with Crippen molar-refractivity contribution in [3.63, 3.8) is 0 Å². The number of benzene rings is 1. The molecule has 4 rings (SSSR count). The molecule has 1 aromatic heterocycles. The van der Waals surface area contributed by atoms with Crippen molar-refractivity contribution in [1.29, 1.82) is 0 Å². The summed E-state index contributed by atoms with van der Waals surface area (Å²) < 4.78 is 4.88. The van der Waals surface area contributed by atoms with Crippen molar-refractivity contribution in [3.05, 3.63) is 35.0 Å². The maximum absolute atomic E-state index is 12.7. The maximum Gasteiger partial charge on any atom is 0.410 e. The predicted octanol–water partition coefficient (Wildman–Crippen LogP) is 2.41. The fraction of sp³-hybridized carbons (Fsp3) is 0.476. The lowest BCUT2D eigenvalue weighted by atomic mass is 10.0. The van der Waals surface area contributed by atoms with Gasteiger partial charge in [0, 0.05) is 41.8 Å². The number of H-pyrrole nitrogens is 1. The number of likely N-dealkylation sites (tertiary alicyclic amines) is 1. The Labute approximate surface area is 185 Å². The molecular weight excluding hydrogens is 422 g/mol. The van der Waals surface area contributed by atoms with Gasteiger partial charge < -0.3 is 24.8 Å². The summed E-state index contributed by atoms with van der Waals surface area (Å²) in [6.45, 7) is 2.22. The van der Waals surface area contributed by atoms with Crippen molar-refractivity contribution < 1.29 is 19.1 Å². The molecule has 2 aliphatic rings. The number of nitrogens with zero attached hydrogens (tertiary/aromatic N) is 3. The number of likely N-dealkylation sites (N-methyl/N-ethyl adjacent to an activating group) is 1. The third kappa shape index (κ3) is 4.87. The Morgan fingerprint density at radius 2 is 2.16 bits per heavy atom. The fourth-order valence-electron chi connectivity index (χ4n) is 4.05. The topological polar surface area (TPSA) is 98.0 Å². The average molecular weight is 448 g/mol. The molecule has 3 heterocycles. The van der Waals surface area contributed by atoms with Crippen LogP contribution in [-0.2, 0) is 16.1 Å². The second-order valence-corrected chi connectivity index (χ2v) is 8.40. The molecule has 2 fully saturated rings. The number of aromatic nitrogens is 1. The molecule has 0 unspecified atom stereocenters. The summed E-state index contributed by atoms with van der Waals surface area (Å²) in [4.78, 5) is 44.9. The van der Waals surface area contributed by atoms with Gasteiger partial charge in [-0.3, -0.25) is 9.69 Å². The van der Waals surface area contributed by atoms with Crippen LogP contribution in [0.3, 0.4) is 0 Å². The molecule has 0 saturated carbocycles. The van der Waals surface area contributed by atoms with Crippen LogP contribution in [0.1, 0.15) is 18.5 Å². The van der Waals surface area contributed by atoms with Gasteiger partial charge >= 0.3 is 12.1 Å². The van der Waals surface area contributed by atoms with E-state index in [4.69, 9.17) is 16.3 Å². The zero-order chi connectivity index (χ0) is 22.0. The van der Waals surface area contributed by atoms with Gasteiger partial charge in [-0.2, -0.15) is 0 Å². The Morgan fingerprint density at radius 3 is 2.94 bits per heavy atom. The largest absolute Gasteiger partial charge is 0.448 e. The Morgan fingerprint density at radius 1 is 1.32 bits per heavy atom. The van der Waals surface area contributed by atoms with Crippen molar-refractivity contribution in [2.45, 2.75) is 25.4 Å². The molecule has 0 radical (unpaired) electrons. The minimum absolute atomic E-state index is 0.0197. The van der Waals surface area contributed by atoms with Crippen molar-refractivity contribution >= 4 is 40.5 Å². The van der Waals surface area contributed by atoms with Crippen LogP contribution < -0.4 is 5.32 Å². The molecule has 31 heavy (non-hydrogen) atoms. The molecule has 0 spiro atoms. The van der Waals surface area contributed by atoms with Gasteiger partial charge in [-0.1, -0.05) is 11.6 Å². The zero-order valence-electron chi connectivity index (χ0n) is 17.4. The molecule has 9 nitrogen and oxygen atoms in total. The molecule has 2 aromatic rings. The van der Waals surface area contributed by atoms with Crippen LogP contribution >= 0.6 is 11.6 Å². The summed E-state index contributed by atoms with van der Waals surface area (Å²) in [6.07, 6.45) is 1.18. The Balaban J connectivity index is 1.30. The third-order valence-electron chi connectivity index (χ3n) is 5.86. The quantitative estimate of drug-likeness (QED) is 0.735. The molecule has 1 atom stereocenters. The first-order chi connectivity index (χ1) is 14.9. The van der Waals surface area contributed by atoms with Crippen molar-refractivity contribution in [3.8, 4) is 0 Å². The number of piperidine rings is 1. The third-order valence-corrected chi connectivity index (χ3v) is 6.09. The molecular formula is C21H26ClN5O4. The van der Waals surface area contributed by atoms with E-state index in [9.17, 15) is 14.4 Å². The number of urea groups is 1. The lowest BCUT2D eigenvalue weighted by Gasteiger charge is -2.38. The van der Waals surface area contributed by atoms with Crippen molar-refractivity contribution in [2.75, 3.05) is 39.8 Å². The van der Waals surface area contributed by atoms with Crippen LogP contribution in [0.2, 0.25) is 5.02 Å². The van der Waals surface area contributed by atoms with Gasteiger partial charge in [0.05, 0.1) is 19.1 Å². The van der Waals surface area contributed by atoms with E-state index in [1.165, 1.54) is 4.90 Å². The summed E-state index contributed by atoms with van der Waals surface area (Å²) in [5.41, 5.74) is 1.85. The van der Waals surface area contributed by atoms with E-state index in [-0.39, 0.29) is 24.5 Å². The molecule has 2 N–H and O–H groups in total. The van der Waals surface area contributed by atoms with Gasteiger partial charge in [0.1, 0.15) is 13.2 Å². The summed E-state index contributed by atoms with van der Waals surface area (Å²) in [5, 5.41) is 4.59. The standard InChI is InChI=1S/C21H26ClN5O4/c1-25(20(29)23-11-16-10-14-9-15(22)4-5-18(14)24-16)17-3-2-6-26(12-17)19(28)13-27-7-8-31-21(27)30/h4-5,9-10,17,24H,2-3,6-8,11-13H2,1H3,(H,23,29)/t17-/m1/s1. The number of rotatable bonds is 5. The number of halogens is 1. The molecule has 10 heteroatoms. The Bertz CT molecular complexity index is 993. The molecule has 0 aliphatic carbocycles. The first kappa shape index (κ1) is 21.3. The van der Waals surface area contributed by atoms with Crippen LogP contribution in [0.4, 0.5) is 9.59 Å². The predicted molar refractivity (Wildman–Crippen MR) is 116 cm³/mol. The first-order valence-corrected chi connectivity index (χ1v) is 10.8. The van der Waals surface area contributed by atoms with Crippen molar-refractivity contribution in [1.82, 2.24) is 25.0 Å². The van der Waals surface area contributed by atoms with E-state index in [0.717, 1.165) is 29.4 Å². The second-order valence-electron chi connectivity index (χ2n) is 7.97. The number of hydrogen-bond acceptors (Lipinski definition) is 4. The lowest BCUT2D eigenvalue weighted by Crippen LogP contribution is -2.53. The highest BCUT2D eigenvalue weighted by Gasteiger charge is 2.31. The SMILES string of the molecule is CN(C(=O)NCc1cc2cc(Cl)ccc2[nH]1)[C@@H]1CCCN(C(=O)CN2CCOC2=O)C1. The smallest absolute Gasteiger partial charge is 0.410 e. The molecule has 1 aromatic carbocycles. The minimum atomic E-state index is -0.447. The highest BCUT2D eigenvalue weighted by Crippen LogP contribution is 2.20. The Kier molecular flexibility index (Phi) is 6.22. The number of aromatic amines is 1. The summed E-state index contributed by atoms with van der Waals surface area (Å²) in [7, 11) is 1.75. The number of ether oxygens (including phenoxy) is 1. The van der Waals surface area contributed by atoms with E-state index in [1.807, 2.05) is 24.3 Å². The summed E-state index contributed by atoms with van der Waals surface area (Å²) in [5.74, 6) is -0.117. The van der Waals surface area contributed by atoms with Crippen molar-refractivity contribution in [2.24, 2.45) is 0 Å². The van der Waals surface area contributed by atoms with Gasteiger partial charge in [0.2, 0.25) is 5.91 Å². The van der Waals surface area contributed by atoms with Crippen LogP contribution in [0, 0.1) is 0 Å². The van der Waals surface area contributed by atoms with E-state index >= 15 is 0 Å². The number of cyclic esters (lactones) is 1. The molecule has 4 amide bonds. The zero-order valence-corrected chi connectivity index (χ0v) is 18.2. The number of fused-ring (bicyclic) bond motifs is 1. The number of hydrogen-bond donors (Lipinski definition) is 2. The minimum Gasteiger partial charge on any atom is -0.448 e. The van der Waals surface area contributed by atoms with Gasteiger partial charge in [-0.05, 0) is 37.1 Å². The van der Waals surface area contributed by atoms with Crippen LogP contribution in [0.15, 0.2) is 24.3 Å². The number of amides is 4. The van der Waals surface area contributed by atoms with Gasteiger partial charge in [-0.25, -0.2) is 9.59 Å². The molecule has 166 valence electrons. The molecule has 0 bridgehead atoms. The number of nitrogens with one attached hydrogen (secondary N) is 2. The van der Waals surface area contributed by atoms with Crippen LogP contribution in [0.25, 0.3) is 10.9 Å². The molecule has 2 saturated heterocycles. The van der Waals surface area contributed by atoms with Crippen LogP contribution in [-0.4, -0.2) is 83.6 Å². The average Bonchev–Trinajstić information content (AvgIpc) is 3.36. The second kappa shape index (κ2) is 9.05. The van der Waals surface area contributed by atoms with Gasteiger partial charge in [-0.15, -0.1) is 0 Å².